The van der Waals surface area contributed by atoms with Gasteiger partial charge in [-0.1, -0.05) is 54.1 Å². The normalized spacial score (nSPS) is 11.1. The van der Waals surface area contributed by atoms with Crippen molar-refractivity contribution in [1.82, 2.24) is 14.9 Å². The largest absolute Gasteiger partial charge is 0.496 e. The topological polar surface area (TPSA) is 75.3 Å². The molecule has 6 nitrogen and oxygen atoms in total. The highest BCUT2D eigenvalue weighted by atomic mass is 16.5. The van der Waals surface area contributed by atoms with E-state index in [2.05, 4.69) is 9.97 Å². The van der Waals surface area contributed by atoms with Gasteiger partial charge in [0.2, 0.25) is 5.91 Å². The zero-order valence-electron chi connectivity index (χ0n) is 18.6. The molecule has 0 radical (unpaired) electrons. The monoisotopic (exact) mass is 439 g/mol. The Morgan fingerprint density at radius 3 is 2.58 bits per heavy atom. The average molecular weight is 440 g/mol. The van der Waals surface area contributed by atoms with Crippen LogP contribution in [0, 0.1) is 6.92 Å². The van der Waals surface area contributed by atoms with E-state index in [9.17, 15) is 9.59 Å². The van der Waals surface area contributed by atoms with Gasteiger partial charge in [-0.2, -0.15) is 0 Å². The zero-order valence-corrected chi connectivity index (χ0v) is 18.6. The molecule has 0 spiro atoms. The molecule has 1 aromatic heterocycles. The van der Waals surface area contributed by atoms with Crippen molar-refractivity contribution >= 4 is 22.9 Å². The van der Waals surface area contributed by atoms with Gasteiger partial charge in [0.25, 0.3) is 5.56 Å². The summed E-state index contributed by atoms with van der Waals surface area (Å²) in [7, 11) is 1.60. The SMILES string of the molecule is COc1ccc(C)cc1/C=C/C(=O)N(Cc1ccccc1)Cc1nc2ccccc2c(=O)[nH]1. The summed E-state index contributed by atoms with van der Waals surface area (Å²) < 4.78 is 5.41. The number of carbonyl (C=O) groups excluding carboxylic acids is 1. The van der Waals surface area contributed by atoms with E-state index in [1.807, 2.05) is 61.5 Å². The summed E-state index contributed by atoms with van der Waals surface area (Å²) in [5, 5.41) is 0.522. The molecule has 0 aliphatic carbocycles. The van der Waals surface area contributed by atoms with Crippen LogP contribution in [0.4, 0.5) is 0 Å². The Morgan fingerprint density at radius 2 is 1.79 bits per heavy atom. The van der Waals surface area contributed by atoms with Gasteiger partial charge < -0.3 is 14.6 Å². The van der Waals surface area contributed by atoms with Crippen molar-refractivity contribution in [1.29, 1.82) is 0 Å². The smallest absolute Gasteiger partial charge is 0.258 e. The highest BCUT2D eigenvalue weighted by molar-refractivity contribution is 5.92. The third-order valence-electron chi connectivity index (χ3n) is 5.32. The molecular formula is C27H25N3O3. The first kappa shape index (κ1) is 22.0. The summed E-state index contributed by atoms with van der Waals surface area (Å²) in [6.45, 7) is 2.54. The fraction of sp³-hybridized carbons (Fsp3) is 0.148. The molecule has 1 amide bonds. The van der Waals surface area contributed by atoms with Crippen LogP contribution in [0.5, 0.6) is 5.75 Å². The first-order valence-corrected chi connectivity index (χ1v) is 10.7. The van der Waals surface area contributed by atoms with Crippen LogP contribution in [0.3, 0.4) is 0 Å². The summed E-state index contributed by atoms with van der Waals surface area (Å²) in [5.41, 5.74) is 3.26. The van der Waals surface area contributed by atoms with E-state index < -0.39 is 0 Å². The zero-order chi connectivity index (χ0) is 23.2. The number of aryl methyl sites for hydroxylation is 1. The van der Waals surface area contributed by atoms with Crippen molar-refractivity contribution in [3.8, 4) is 5.75 Å². The molecule has 0 atom stereocenters. The van der Waals surface area contributed by atoms with Crippen LogP contribution < -0.4 is 10.3 Å². The Morgan fingerprint density at radius 1 is 1.03 bits per heavy atom. The maximum atomic E-state index is 13.2. The van der Waals surface area contributed by atoms with Crippen LogP contribution in [-0.4, -0.2) is 27.9 Å². The first-order chi connectivity index (χ1) is 16.0. The number of hydrogen-bond acceptors (Lipinski definition) is 4. The Kier molecular flexibility index (Phi) is 6.64. The number of nitrogens with zero attached hydrogens (tertiary/aromatic N) is 2. The highest BCUT2D eigenvalue weighted by Gasteiger charge is 2.15. The van der Waals surface area contributed by atoms with E-state index >= 15 is 0 Å². The van der Waals surface area contributed by atoms with E-state index in [1.54, 1.807) is 36.3 Å². The van der Waals surface area contributed by atoms with E-state index in [1.165, 1.54) is 6.08 Å². The number of methoxy groups -OCH3 is 1. The van der Waals surface area contributed by atoms with Gasteiger partial charge in [-0.3, -0.25) is 9.59 Å². The number of aromatic amines is 1. The minimum Gasteiger partial charge on any atom is -0.496 e. The molecular weight excluding hydrogens is 414 g/mol. The number of fused-ring (bicyclic) bond motifs is 1. The molecule has 166 valence electrons. The third kappa shape index (κ3) is 5.36. The second-order valence-electron chi connectivity index (χ2n) is 7.79. The lowest BCUT2D eigenvalue weighted by Gasteiger charge is -2.21. The number of hydrogen-bond donors (Lipinski definition) is 1. The maximum Gasteiger partial charge on any atom is 0.258 e. The van der Waals surface area contributed by atoms with Gasteiger partial charge in [0, 0.05) is 18.2 Å². The van der Waals surface area contributed by atoms with Crippen LogP contribution in [0.2, 0.25) is 0 Å². The molecule has 0 aliphatic rings. The molecule has 1 heterocycles. The average Bonchev–Trinajstić information content (AvgIpc) is 2.83. The molecule has 0 unspecified atom stereocenters. The fourth-order valence-electron chi connectivity index (χ4n) is 3.66. The van der Waals surface area contributed by atoms with Crippen molar-refractivity contribution in [2.24, 2.45) is 0 Å². The summed E-state index contributed by atoms with van der Waals surface area (Å²) in [4.78, 5) is 34.8. The maximum absolute atomic E-state index is 13.2. The number of nitrogens with one attached hydrogen (secondary N) is 1. The van der Waals surface area contributed by atoms with E-state index in [0.29, 0.717) is 29.0 Å². The Hall–Kier alpha value is -4.19. The van der Waals surface area contributed by atoms with Crippen molar-refractivity contribution in [2.45, 2.75) is 20.0 Å². The number of carbonyl (C=O) groups is 1. The predicted octanol–water partition coefficient (Wildman–Crippen LogP) is 4.48. The molecule has 33 heavy (non-hydrogen) atoms. The van der Waals surface area contributed by atoms with Crippen LogP contribution in [0.25, 0.3) is 17.0 Å². The molecule has 1 N–H and O–H groups in total. The van der Waals surface area contributed by atoms with Crippen LogP contribution in [-0.2, 0) is 17.9 Å². The minimum atomic E-state index is -0.220. The fourth-order valence-corrected chi connectivity index (χ4v) is 3.66. The molecule has 0 saturated carbocycles. The Labute approximate surface area is 192 Å². The highest BCUT2D eigenvalue weighted by Crippen LogP contribution is 2.21. The summed E-state index contributed by atoms with van der Waals surface area (Å²) in [6.07, 6.45) is 3.28. The van der Waals surface area contributed by atoms with Gasteiger partial charge in [0.05, 0.1) is 24.6 Å². The quantitative estimate of drug-likeness (QED) is 0.431. The van der Waals surface area contributed by atoms with Crippen molar-refractivity contribution in [2.75, 3.05) is 7.11 Å². The van der Waals surface area contributed by atoms with Gasteiger partial charge in [-0.15, -0.1) is 0 Å². The predicted molar refractivity (Wildman–Crippen MR) is 130 cm³/mol. The van der Waals surface area contributed by atoms with Gasteiger partial charge in [0.15, 0.2) is 0 Å². The van der Waals surface area contributed by atoms with Crippen molar-refractivity contribution in [3.63, 3.8) is 0 Å². The summed E-state index contributed by atoms with van der Waals surface area (Å²) in [5.74, 6) is 0.933. The number of rotatable bonds is 7. The van der Waals surface area contributed by atoms with Gasteiger partial charge >= 0.3 is 0 Å². The first-order valence-electron chi connectivity index (χ1n) is 10.7. The van der Waals surface area contributed by atoms with Crippen molar-refractivity contribution < 1.29 is 9.53 Å². The second kappa shape index (κ2) is 9.96. The molecule has 0 bridgehead atoms. The summed E-state index contributed by atoms with van der Waals surface area (Å²) in [6, 6.07) is 22.7. The van der Waals surface area contributed by atoms with Gasteiger partial charge in [-0.25, -0.2) is 4.98 Å². The minimum absolute atomic E-state index is 0.170. The Bertz CT molecular complexity index is 1360. The molecule has 0 saturated heterocycles. The number of H-pyrrole nitrogens is 1. The standard InChI is InChI=1S/C27H25N3O3/c1-19-12-14-24(33-2)21(16-19)13-15-26(31)30(17-20-8-4-3-5-9-20)18-25-28-23-11-7-6-10-22(23)27(32)29-25/h3-16H,17-18H2,1-2H3,(H,28,29,32)/b15-13+. The third-order valence-corrected chi connectivity index (χ3v) is 5.32. The van der Waals surface area contributed by atoms with Gasteiger partial charge in [0.1, 0.15) is 11.6 Å². The van der Waals surface area contributed by atoms with Crippen molar-refractivity contribution in [3.05, 3.63) is 112 Å². The number of benzene rings is 3. The van der Waals surface area contributed by atoms with E-state index in [0.717, 1.165) is 16.7 Å². The lowest BCUT2D eigenvalue weighted by molar-refractivity contribution is -0.127. The summed E-state index contributed by atoms with van der Waals surface area (Å²) >= 11 is 0. The van der Waals surface area contributed by atoms with Crippen LogP contribution in [0.15, 0.2) is 83.7 Å². The molecule has 0 aliphatic heterocycles. The number of para-hydroxylation sites is 1. The van der Waals surface area contributed by atoms with Crippen LogP contribution in [0.1, 0.15) is 22.5 Å². The number of ether oxygens (including phenoxy) is 1. The Balaban J connectivity index is 1.64. The second-order valence-corrected chi connectivity index (χ2v) is 7.79. The molecule has 4 aromatic rings. The molecule has 4 rings (SSSR count). The number of amides is 1. The van der Waals surface area contributed by atoms with Gasteiger partial charge in [-0.05, 0) is 42.8 Å². The number of aromatic nitrogens is 2. The van der Waals surface area contributed by atoms with E-state index in [-0.39, 0.29) is 18.0 Å². The molecule has 3 aromatic carbocycles. The lowest BCUT2D eigenvalue weighted by Crippen LogP contribution is -2.30. The lowest BCUT2D eigenvalue weighted by atomic mass is 10.1. The molecule has 6 heteroatoms. The van der Waals surface area contributed by atoms with E-state index in [4.69, 9.17) is 4.74 Å². The molecule has 0 fully saturated rings. The van der Waals surface area contributed by atoms with Crippen LogP contribution >= 0.6 is 0 Å².